The fraction of sp³-hybridized carbons (Fsp3) is 0.692. The average Bonchev–Trinajstić information content (AvgIpc) is 2.67. The molecule has 0 aliphatic heterocycles. The van der Waals surface area contributed by atoms with Gasteiger partial charge < -0.3 is 16.0 Å². The lowest BCUT2D eigenvalue weighted by Gasteiger charge is -2.31. The highest BCUT2D eigenvalue weighted by atomic mass is 32.1. The lowest BCUT2D eigenvalue weighted by Crippen LogP contribution is -2.40. The van der Waals surface area contributed by atoms with E-state index in [1.165, 1.54) is 30.6 Å². The van der Waals surface area contributed by atoms with Gasteiger partial charge in [0.05, 0.1) is 0 Å². The van der Waals surface area contributed by atoms with Crippen molar-refractivity contribution in [3.8, 4) is 0 Å². The van der Waals surface area contributed by atoms with Crippen LogP contribution in [0.3, 0.4) is 0 Å². The van der Waals surface area contributed by atoms with Crippen molar-refractivity contribution in [3.05, 3.63) is 4.88 Å². The summed E-state index contributed by atoms with van der Waals surface area (Å²) < 4.78 is 0. The van der Waals surface area contributed by atoms with Crippen molar-refractivity contribution in [1.82, 2.24) is 10.3 Å². The first-order chi connectivity index (χ1) is 9.02. The number of amides is 1. The van der Waals surface area contributed by atoms with Gasteiger partial charge in [0.25, 0.3) is 5.91 Å². The molecule has 0 aromatic carbocycles. The molecule has 5 nitrogen and oxygen atoms in total. The van der Waals surface area contributed by atoms with Crippen LogP contribution in [0, 0.1) is 5.92 Å². The molecule has 1 saturated carbocycles. The maximum atomic E-state index is 12.2. The number of nitrogens with one attached hydrogen (secondary N) is 1. The molecule has 1 fully saturated rings. The molecule has 0 bridgehead atoms. The van der Waals surface area contributed by atoms with Crippen molar-refractivity contribution >= 4 is 28.2 Å². The first kappa shape index (κ1) is 14.1. The van der Waals surface area contributed by atoms with Gasteiger partial charge in [-0.25, -0.2) is 4.98 Å². The second kappa shape index (κ2) is 5.77. The molecule has 106 valence electrons. The van der Waals surface area contributed by atoms with Crippen LogP contribution in [0.5, 0.6) is 0 Å². The van der Waals surface area contributed by atoms with Crippen LogP contribution in [0.2, 0.25) is 0 Å². The highest BCUT2D eigenvalue weighted by Gasteiger charge is 2.26. The molecule has 19 heavy (non-hydrogen) atoms. The molecule has 1 aliphatic rings. The van der Waals surface area contributed by atoms with Crippen molar-refractivity contribution < 1.29 is 4.79 Å². The Hall–Kier alpha value is -1.30. The minimum Gasteiger partial charge on any atom is -0.382 e. The van der Waals surface area contributed by atoms with Crippen molar-refractivity contribution in [1.29, 1.82) is 0 Å². The summed E-state index contributed by atoms with van der Waals surface area (Å²) in [5.41, 5.74) is 5.84. The largest absolute Gasteiger partial charge is 0.382 e. The molecule has 0 spiro atoms. The summed E-state index contributed by atoms with van der Waals surface area (Å²) in [5, 5.41) is 3.84. The Morgan fingerprint density at radius 3 is 2.84 bits per heavy atom. The monoisotopic (exact) mass is 282 g/mol. The normalized spacial score (nSPS) is 16.8. The molecule has 0 radical (unpaired) electrons. The molecule has 6 heteroatoms. The zero-order chi connectivity index (χ0) is 14.0. The van der Waals surface area contributed by atoms with E-state index in [1.54, 1.807) is 0 Å². The quantitative estimate of drug-likeness (QED) is 0.867. The average molecular weight is 282 g/mol. The van der Waals surface area contributed by atoms with E-state index in [0.717, 1.165) is 11.7 Å². The van der Waals surface area contributed by atoms with Crippen molar-refractivity contribution in [2.24, 2.45) is 5.92 Å². The minimum absolute atomic E-state index is 0.0925. The summed E-state index contributed by atoms with van der Waals surface area (Å²) in [7, 11) is 1.94. The van der Waals surface area contributed by atoms with Crippen molar-refractivity contribution in [2.75, 3.05) is 24.2 Å². The fourth-order valence-corrected chi connectivity index (χ4v) is 3.02. The second-order valence-electron chi connectivity index (χ2n) is 5.18. The topological polar surface area (TPSA) is 71.2 Å². The van der Waals surface area contributed by atoms with Gasteiger partial charge in [-0.2, -0.15) is 0 Å². The van der Waals surface area contributed by atoms with E-state index in [1.807, 2.05) is 18.9 Å². The predicted molar refractivity (Wildman–Crippen MR) is 79.7 cm³/mol. The zero-order valence-corrected chi connectivity index (χ0v) is 12.6. The number of carbonyl (C=O) groups excluding carboxylic acids is 1. The Bertz CT molecular complexity index is 455. The maximum Gasteiger partial charge on any atom is 0.265 e. The Morgan fingerprint density at radius 2 is 2.32 bits per heavy atom. The molecule has 0 saturated heterocycles. The summed E-state index contributed by atoms with van der Waals surface area (Å²) in [6.45, 7) is 4.94. The van der Waals surface area contributed by atoms with Gasteiger partial charge in [-0.1, -0.05) is 17.8 Å². The number of nitrogens with zero attached hydrogens (tertiary/aromatic N) is 2. The minimum atomic E-state index is -0.0925. The Balaban J connectivity index is 2.03. The van der Waals surface area contributed by atoms with Gasteiger partial charge >= 0.3 is 0 Å². The smallest absolute Gasteiger partial charge is 0.265 e. The lowest BCUT2D eigenvalue weighted by molar-refractivity contribution is 0.0914. The zero-order valence-electron chi connectivity index (χ0n) is 11.8. The summed E-state index contributed by atoms with van der Waals surface area (Å²) >= 11 is 1.36. The van der Waals surface area contributed by atoms with E-state index in [9.17, 15) is 4.79 Å². The number of anilines is 2. The molecule has 1 amide bonds. The van der Waals surface area contributed by atoms with Gasteiger partial charge in [0.15, 0.2) is 5.13 Å². The van der Waals surface area contributed by atoms with Crippen LogP contribution >= 0.6 is 11.3 Å². The van der Waals surface area contributed by atoms with Gasteiger partial charge in [-0.05, 0) is 32.6 Å². The van der Waals surface area contributed by atoms with E-state index in [2.05, 4.69) is 17.2 Å². The van der Waals surface area contributed by atoms with Gasteiger partial charge in [-0.3, -0.25) is 4.79 Å². The fourth-order valence-electron chi connectivity index (χ4n) is 2.11. The number of thiazole rings is 1. The third-order valence-electron chi connectivity index (χ3n) is 3.86. The molecule has 1 unspecified atom stereocenters. The van der Waals surface area contributed by atoms with Crippen LogP contribution in [0.15, 0.2) is 0 Å². The summed E-state index contributed by atoms with van der Waals surface area (Å²) in [6, 6.07) is 0.218. The SMILES string of the molecule is CCN(C)c1nc(N)c(C(=O)NC(C)C2CCC2)s1. The third-order valence-corrected chi connectivity index (χ3v) is 5.05. The van der Waals surface area contributed by atoms with E-state index in [4.69, 9.17) is 5.73 Å². The van der Waals surface area contributed by atoms with Gasteiger partial charge in [0, 0.05) is 19.6 Å². The molecule has 1 aromatic heterocycles. The van der Waals surface area contributed by atoms with Crippen LogP contribution in [-0.4, -0.2) is 30.5 Å². The molecule has 1 atom stereocenters. The number of carbonyl (C=O) groups is 1. The second-order valence-corrected chi connectivity index (χ2v) is 6.16. The van der Waals surface area contributed by atoms with Gasteiger partial charge in [-0.15, -0.1) is 0 Å². The first-order valence-electron chi connectivity index (χ1n) is 6.81. The summed E-state index contributed by atoms with van der Waals surface area (Å²) in [6.07, 6.45) is 3.70. The predicted octanol–water partition coefficient (Wildman–Crippen LogP) is 2.10. The molecular formula is C13H22N4OS. The maximum absolute atomic E-state index is 12.2. The molecule has 1 aromatic rings. The number of hydrogen-bond acceptors (Lipinski definition) is 5. The highest BCUT2D eigenvalue weighted by molar-refractivity contribution is 7.18. The van der Waals surface area contributed by atoms with E-state index >= 15 is 0 Å². The summed E-state index contributed by atoms with van der Waals surface area (Å²) in [5.74, 6) is 0.861. The molecule has 3 N–H and O–H groups in total. The molecular weight excluding hydrogens is 260 g/mol. The molecule has 2 rings (SSSR count). The van der Waals surface area contributed by atoms with Crippen LogP contribution in [0.1, 0.15) is 42.8 Å². The summed E-state index contributed by atoms with van der Waals surface area (Å²) in [4.78, 5) is 19.0. The number of nitrogens with two attached hydrogens (primary N) is 1. The van der Waals surface area contributed by atoms with Gasteiger partial charge in [0.2, 0.25) is 0 Å². The van der Waals surface area contributed by atoms with Crippen LogP contribution < -0.4 is 16.0 Å². The number of hydrogen-bond donors (Lipinski definition) is 2. The molecule has 1 aliphatic carbocycles. The first-order valence-corrected chi connectivity index (χ1v) is 7.62. The Kier molecular flexibility index (Phi) is 4.29. The number of nitrogen functional groups attached to an aromatic ring is 1. The lowest BCUT2D eigenvalue weighted by atomic mass is 9.80. The van der Waals surface area contributed by atoms with Crippen molar-refractivity contribution in [2.45, 2.75) is 39.2 Å². The van der Waals surface area contributed by atoms with E-state index in [0.29, 0.717) is 16.6 Å². The van der Waals surface area contributed by atoms with Crippen molar-refractivity contribution in [3.63, 3.8) is 0 Å². The molecule has 1 heterocycles. The highest BCUT2D eigenvalue weighted by Crippen LogP contribution is 2.31. The Labute approximate surface area is 118 Å². The number of rotatable bonds is 5. The van der Waals surface area contributed by atoms with Crippen LogP contribution in [0.4, 0.5) is 10.9 Å². The van der Waals surface area contributed by atoms with Crippen LogP contribution in [0.25, 0.3) is 0 Å². The van der Waals surface area contributed by atoms with E-state index in [-0.39, 0.29) is 11.9 Å². The van der Waals surface area contributed by atoms with Gasteiger partial charge in [0.1, 0.15) is 10.7 Å². The third kappa shape index (κ3) is 3.00. The standard InChI is InChI=1S/C13H22N4OS/c1-4-17(3)13-16-11(14)10(19-13)12(18)15-8(2)9-6-5-7-9/h8-9H,4-7,14H2,1-3H3,(H,15,18). The number of aromatic nitrogens is 1. The van der Waals surface area contributed by atoms with Crippen LogP contribution in [-0.2, 0) is 0 Å². The Morgan fingerprint density at radius 1 is 1.63 bits per heavy atom. The van der Waals surface area contributed by atoms with E-state index < -0.39 is 0 Å².